The van der Waals surface area contributed by atoms with Crippen molar-refractivity contribution < 1.29 is 13.6 Å². The van der Waals surface area contributed by atoms with Crippen LogP contribution < -0.4 is 0 Å². The standard InChI is InChI=1S/C28H58ClO3P/c1-3-5-7-9-11-13-15-17-19-21-23-25-27-31-33(29,30)32-28-26-24-22-20-18-16-14-12-10-8-6-4-2/h3-28H2,1-2H3. The van der Waals surface area contributed by atoms with Crippen LogP contribution in [0.1, 0.15) is 168 Å². The van der Waals surface area contributed by atoms with Crippen molar-refractivity contribution >= 4 is 18.2 Å². The minimum atomic E-state index is -3.38. The lowest BCUT2D eigenvalue weighted by Gasteiger charge is -2.11. The molecule has 200 valence electrons. The topological polar surface area (TPSA) is 35.5 Å². The van der Waals surface area contributed by atoms with Gasteiger partial charge in [-0.05, 0) is 12.8 Å². The summed E-state index contributed by atoms with van der Waals surface area (Å²) in [6.45, 7) is 2.03. The summed E-state index contributed by atoms with van der Waals surface area (Å²) in [5, 5.41) is 0. The van der Waals surface area contributed by atoms with Crippen LogP contribution in [0, 0.1) is 0 Å². The molecule has 0 radical (unpaired) electrons. The van der Waals surface area contributed by atoms with Gasteiger partial charge < -0.3 is 0 Å². The molecule has 0 heterocycles. The van der Waals surface area contributed by atoms with Gasteiger partial charge >= 0.3 is 6.95 Å². The molecule has 0 aromatic rings. The first-order chi connectivity index (χ1) is 16.1. The lowest BCUT2D eigenvalue weighted by Crippen LogP contribution is -1.96. The highest BCUT2D eigenvalue weighted by Crippen LogP contribution is 2.53. The molecule has 0 amide bonds. The maximum Gasteiger partial charge on any atom is 0.424 e. The number of rotatable bonds is 28. The highest BCUT2D eigenvalue weighted by Gasteiger charge is 2.19. The molecule has 0 bridgehead atoms. The zero-order valence-electron chi connectivity index (χ0n) is 22.4. The van der Waals surface area contributed by atoms with Crippen LogP contribution >= 0.6 is 18.2 Å². The smallest absolute Gasteiger partial charge is 0.297 e. The highest BCUT2D eigenvalue weighted by molar-refractivity contribution is 7.81. The van der Waals surface area contributed by atoms with Gasteiger partial charge in [0.1, 0.15) is 0 Å². The van der Waals surface area contributed by atoms with Crippen LogP contribution in [0.3, 0.4) is 0 Å². The summed E-state index contributed by atoms with van der Waals surface area (Å²) in [6.07, 6.45) is 31.2. The Balaban J connectivity index is 3.29. The second-order valence-electron chi connectivity index (χ2n) is 9.88. The summed E-state index contributed by atoms with van der Waals surface area (Å²) in [6, 6.07) is 0. The van der Waals surface area contributed by atoms with Crippen molar-refractivity contribution in [2.24, 2.45) is 0 Å². The molecule has 5 heteroatoms. The van der Waals surface area contributed by atoms with E-state index in [1.165, 1.54) is 128 Å². The van der Waals surface area contributed by atoms with E-state index in [9.17, 15) is 4.57 Å². The third-order valence-corrected chi connectivity index (χ3v) is 8.05. The lowest BCUT2D eigenvalue weighted by molar-refractivity contribution is 0.211. The Bertz CT molecular complexity index is 386. The van der Waals surface area contributed by atoms with E-state index in [-0.39, 0.29) is 0 Å². The third-order valence-electron chi connectivity index (χ3n) is 6.49. The van der Waals surface area contributed by atoms with E-state index in [2.05, 4.69) is 13.8 Å². The predicted octanol–water partition coefficient (Wildman–Crippen LogP) is 11.8. The van der Waals surface area contributed by atoms with Crippen molar-refractivity contribution in [3.05, 3.63) is 0 Å². The molecule has 0 atom stereocenters. The van der Waals surface area contributed by atoms with Crippen molar-refractivity contribution in [3.63, 3.8) is 0 Å². The molecule has 0 saturated carbocycles. The average Bonchev–Trinajstić information content (AvgIpc) is 2.80. The first-order valence-corrected chi connectivity index (χ1v) is 17.2. The van der Waals surface area contributed by atoms with Crippen LogP contribution in [0.4, 0.5) is 0 Å². The molecule has 33 heavy (non-hydrogen) atoms. The second kappa shape index (κ2) is 27.0. The predicted molar refractivity (Wildman–Crippen MR) is 148 cm³/mol. The molecule has 0 N–H and O–H groups in total. The largest absolute Gasteiger partial charge is 0.424 e. The van der Waals surface area contributed by atoms with Crippen LogP contribution in [0.2, 0.25) is 0 Å². The first kappa shape index (κ1) is 33.4. The van der Waals surface area contributed by atoms with Gasteiger partial charge in [0.25, 0.3) is 0 Å². The molecule has 0 rings (SSSR count). The van der Waals surface area contributed by atoms with Gasteiger partial charge in [0.2, 0.25) is 0 Å². The minimum Gasteiger partial charge on any atom is -0.297 e. The van der Waals surface area contributed by atoms with Gasteiger partial charge in [-0.25, -0.2) is 4.57 Å². The normalized spacial score (nSPS) is 12.0. The Morgan fingerprint density at radius 3 is 0.879 bits per heavy atom. The highest BCUT2D eigenvalue weighted by atomic mass is 35.7. The number of hydrogen-bond acceptors (Lipinski definition) is 3. The van der Waals surface area contributed by atoms with Gasteiger partial charge in [-0.1, -0.05) is 155 Å². The monoisotopic (exact) mass is 508 g/mol. The maximum absolute atomic E-state index is 12.1. The van der Waals surface area contributed by atoms with E-state index in [4.69, 9.17) is 20.3 Å². The molecule has 0 aromatic carbocycles. The molecule has 3 nitrogen and oxygen atoms in total. The number of halogens is 1. The van der Waals surface area contributed by atoms with Crippen molar-refractivity contribution in [2.75, 3.05) is 13.2 Å². The summed E-state index contributed by atoms with van der Waals surface area (Å²) in [7, 11) is 0. The Morgan fingerprint density at radius 2 is 0.636 bits per heavy atom. The van der Waals surface area contributed by atoms with E-state index in [0.717, 1.165) is 25.7 Å². The number of hydrogen-bond donors (Lipinski definition) is 0. The fraction of sp³-hybridized carbons (Fsp3) is 1.00. The Kier molecular flexibility index (Phi) is 27.4. The van der Waals surface area contributed by atoms with E-state index in [0.29, 0.717) is 13.2 Å². The van der Waals surface area contributed by atoms with E-state index >= 15 is 0 Å². The van der Waals surface area contributed by atoms with Gasteiger partial charge in [-0.2, -0.15) is 0 Å². The second-order valence-corrected chi connectivity index (χ2v) is 12.5. The van der Waals surface area contributed by atoms with Gasteiger partial charge in [-0.3, -0.25) is 9.05 Å². The molecule has 0 saturated heterocycles. The SMILES string of the molecule is CCCCCCCCCCCCCCOP(=O)(Cl)OCCCCCCCCCCCCCC. The van der Waals surface area contributed by atoms with Crippen LogP contribution in [0.5, 0.6) is 0 Å². The van der Waals surface area contributed by atoms with Crippen molar-refractivity contribution in [2.45, 2.75) is 168 Å². The van der Waals surface area contributed by atoms with Gasteiger partial charge in [-0.15, -0.1) is 0 Å². The minimum absolute atomic E-state index is 0.441. The molecular weight excluding hydrogens is 451 g/mol. The fourth-order valence-corrected chi connectivity index (χ4v) is 5.45. The molecule has 0 aliphatic carbocycles. The van der Waals surface area contributed by atoms with Crippen LogP contribution in [0.15, 0.2) is 0 Å². The maximum atomic E-state index is 12.1. The number of unbranched alkanes of at least 4 members (excludes halogenated alkanes) is 22. The van der Waals surface area contributed by atoms with E-state index in [1.54, 1.807) is 0 Å². The quantitative estimate of drug-likeness (QED) is 0.0778. The Hall–Kier alpha value is 0.440. The molecule has 0 aliphatic rings. The van der Waals surface area contributed by atoms with Crippen molar-refractivity contribution in [1.82, 2.24) is 0 Å². The van der Waals surface area contributed by atoms with Crippen LogP contribution in [-0.4, -0.2) is 13.2 Å². The Labute approximate surface area is 212 Å². The van der Waals surface area contributed by atoms with Gasteiger partial charge in [0.05, 0.1) is 13.2 Å². The summed E-state index contributed by atoms with van der Waals surface area (Å²) in [4.78, 5) is 0. The molecule has 0 spiro atoms. The summed E-state index contributed by atoms with van der Waals surface area (Å²) in [5.74, 6) is 0. The Morgan fingerprint density at radius 1 is 0.424 bits per heavy atom. The average molecular weight is 509 g/mol. The lowest BCUT2D eigenvalue weighted by atomic mass is 10.1. The summed E-state index contributed by atoms with van der Waals surface area (Å²) >= 11 is 5.93. The fourth-order valence-electron chi connectivity index (χ4n) is 4.27. The van der Waals surface area contributed by atoms with Gasteiger partial charge in [0.15, 0.2) is 0 Å². The zero-order chi connectivity index (χ0) is 24.3. The summed E-state index contributed by atoms with van der Waals surface area (Å²) in [5.41, 5.74) is 0. The summed E-state index contributed by atoms with van der Waals surface area (Å²) < 4.78 is 22.8. The molecule has 0 aromatic heterocycles. The molecule has 0 unspecified atom stereocenters. The molecular formula is C28H58ClO3P. The third kappa shape index (κ3) is 28.6. The van der Waals surface area contributed by atoms with Gasteiger partial charge in [0, 0.05) is 11.2 Å². The molecule has 0 aliphatic heterocycles. The van der Waals surface area contributed by atoms with E-state index in [1.807, 2.05) is 0 Å². The van der Waals surface area contributed by atoms with Crippen LogP contribution in [-0.2, 0) is 13.6 Å². The molecule has 0 fully saturated rings. The zero-order valence-corrected chi connectivity index (χ0v) is 24.1. The van der Waals surface area contributed by atoms with Crippen molar-refractivity contribution in [1.29, 1.82) is 0 Å². The van der Waals surface area contributed by atoms with Crippen molar-refractivity contribution in [3.8, 4) is 0 Å². The van der Waals surface area contributed by atoms with Crippen LogP contribution in [0.25, 0.3) is 0 Å². The van der Waals surface area contributed by atoms with E-state index < -0.39 is 6.95 Å². The first-order valence-electron chi connectivity index (χ1n) is 14.7.